The number of ether oxygens (including phenoxy) is 1. The molecule has 0 aliphatic carbocycles. The summed E-state index contributed by atoms with van der Waals surface area (Å²) in [7, 11) is 0. The second-order valence-corrected chi connectivity index (χ2v) is 7.36. The predicted molar refractivity (Wildman–Crippen MR) is 114 cm³/mol. The molecule has 1 unspecified atom stereocenters. The first kappa shape index (κ1) is 20.1. The minimum Gasteiger partial charge on any atom is -0.374 e. The van der Waals surface area contributed by atoms with Gasteiger partial charge in [0.1, 0.15) is 10.3 Å². The summed E-state index contributed by atoms with van der Waals surface area (Å²) >= 11 is 7.68. The van der Waals surface area contributed by atoms with Crippen molar-refractivity contribution in [2.45, 2.75) is 20.0 Å². The number of nitrogens with zero attached hydrogens (tertiary/aromatic N) is 6. The molecule has 4 aromatic heterocycles. The average Bonchev–Trinajstić information content (AvgIpc) is 3.40. The van der Waals surface area contributed by atoms with Crippen molar-refractivity contribution >= 4 is 50.7 Å². The molecule has 4 heterocycles. The van der Waals surface area contributed by atoms with E-state index in [4.69, 9.17) is 16.3 Å². The average molecular weight is 445 g/mol. The fraction of sp³-hybridized carbons (Fsp3) is 0.222. The van der Waals surface area contributed by atoms with Crippen LogP contribution in [0.2, 0.25) is 5.02 Å². The molecule has 0 radical (unpaired) electrons. The fourth-order valence-electron chi connectivity index (χ4n) is 2.94. The topological polar surface area (TPSA) is 120 Å². The molecular weight excluding hydrogens is 428 g/mol. The van der Waals surface area contributed by atoms with Crippen molar-refractivity contribution in [1.29, 1.82) is 0 Å². The van der Waals surface area contributed by atoms with Gasteiger partial charge in [-0.1, -0.05) is 11.6 Å². The van der Waals surface area contributed by atoms with Crippen LogP contribution in [0, 0.1) is 0 Å². The third kappa shape index (κ3) is 4.08. The third-order valence-electron chi connectivity index (χ3n) is 4.16. The van der Waals surface area contributed by atoms with Crippen LogP contribution in [0.3, 0.4) is 0 Å². The maximum atomic E-state index is 12.6. The molecule has 154 valence electrons. The first-order valence-electron chi connectivity index (χ1n) is 9.00. The van der Waals surface area contributed by atoms with E-state index in [1.165, 1.54) is 34.7 Å². The maximum absolute atomic E-state index is 12.6. The van der Waals surface area contributed by atoms with Crippen LogP contribution in [0.25, 0.3) is 16.2 Å². The van der Waals surface area contributed by atoms with E-state index in [2.05, 4.69) is 35.8 Å². The summed E-state index contributed by atoms with van der Waals surface area (Å²) in [6, 6.07) is 1.09. The number of carbonyl (C=O) groups is 1. The first-order valence-corrected chi connectivity index (χ1v) is 10.3. The van der Waals surface area contributed by atoms with Crippen LogP contribution in [-0.2, 0) is 4.74 Å². The Morgan fingerprint density at radius 2 is 2.03 bits per heavy atom. The number of carbonyl (C=O) groups excluding carboxylic acids is 1. The van der Waals surface area contributed by atoms with E-state index >= 15 is 0 Å². The molecule has 4 rings (SSSR count). The van der Waals surface area contributed by atoms with Gasteiger partial charge in [0, 0.05) is 12.2 Å². The van der Waals surface area contributed by atoms with E-state index in [-0.39, 0.29) is 6.10 Å². The van der Waals surface area contributed by atoms with E-state index in [0.29, 0.717) is 34.3 Å². The second kappa shape index (κ2) is 8.69. The number of pyridine rings is 2. The van der Waals surface area contributed by atoms with Gasteiger partial charge in [-0.25, -0.2) is 19.7 Å². The number of fused-ring (bicyclic) bond motifs is 1. The Morgan fingerprint density at radius 1 is 1.23 bits per heavy atom. The van der Waals surface area contributed by atoms with Crippen LogP contribution in [0.5, 0.6) is 0 Å². The Kier molecular flexibility index (Phi) is 5.84. The first-order chi connectivity index (χ1) is 14.6. The highest BCUT2D eigenvalue weighted by Gasteiger charge is 2.19. The Balaban J connectivity index is 1.55. The van der Waals surface area contributed by atoms with Gasteiger partial charge in [-0.05, 0) is 19.9 Å². The lowest BCUT2D eigenvalue weighted by atomic mass is 10.1. The highest BCUT2D eigenvalue weighted by molar-refractivity contribution is 7.16. The summed E-state index contributed by atoms with van der Waals surface area (Å²) in [5, 5.41) is 13.8. The Hall–Kier alpha value is -3.15. The van der Waals surface area contributed by atoms with E-state index in [1.54, 1.807) is 17.8 Å². The Bertz CT molecular complexity index is 1180. The highest BCUT2D eigenvalue weighted by Crippen LogP contribution is 2.33. The maximum Gasteiger partial charge on any atom is 0.323 e. The zero-order chi connectivity index (χ0) is 21.1. The molecule has 10 nitrogen and oxygen atoms in total. The molecule has 0 saturated carbocycles. The highest BCUT2D eigenvalue weighted by atomic mass is 35.5. The van der Waals surface area contributed by atoms with Gasteiger partial charge in [-0.2, -0.15) is 10.2 Å². The molecule has 2 N–H and O–H groups in total. The molecule has 0 aliphatic rings. The normalized spacial score (nSPS) is 12.1. The van der Waals surface area contributed by atoms with Gasteiger partial charge in [0.25, 0.3) is 0 Å². The summed E-state index contributed by atoms with van der Waals surface area (Å²) in [5.74, 6) is 0.360. The van der Waals surface area contributed by atoms with Gasteiger partial charge in [0.15, 0.2) is 5.82 Å². The number of aromatic nitrogens is 6. The number of hydrogen-bond acceptors (Lipinski definition) is 8. The van der Waals surface area contributed by atoms with Crippen LogP contribution in [0.4, 0.5) is 16.2 Å². The summed E-state index contributed by atoms with van der Waals surface area (Å²) in [6.07, 6.45) is 5.84. The van der Waals surface area contributed by atoms with Crippen LogP contribution >= 0.6 is 22.9 Å². The number of halogens is 1. The number of amides is 2. The minimum atomic E-state index is -0.473. The zero-order valence-corrected chi connectivity index (χ0v) is 17.6. The molecule has 0 aromatic carbocycles. The predicted octanol–water partition coefficient (Wildman–Crippen LogP) is 4.06. The monoisotopic (exact) mass is 444 g/mol. The molecule has 4 aromatic rings. The summed E-state index contributed by atoms with van der Waals surface area (Å²) in [5.41, 5.74) is 4.13. The Morgan fingerprint density at radius 3 is 2.77 bits per heavy atom. The number of urea groups is 1. The lowest BCUT2D eigenvalue weighted by molar-refractivity contribution is 0.0777. The number of thiazole rings is 1. The van der Waals surface area contributed by atoms with Crippen LogP contribution in [-0.4, -0.2) is 42.6 Å². The van der Waals surface area contributed by atoms with Gasteiger partial charge in [0.05, 0.1) is 52.8 Å². The van der Waals surface area contributed by atoms with Gasteiger partial charge in [-0.3, -0.25) is 0 Å². The Labute approximate surface area is 180 Å². The van der Waals surface area contributed by atoms with Crippen molar-refractivity contribution in [2.24, 2.45) is 0 Å². The SMILES string of the molecule is CCOC(C)c1c(NC(=O)Nc2cnc(-n3nccn3)c(Cl)c2)cnc2scnc12. The zero-order valence-electron chi connectivity index (χ0n) is 16.0. The summed E-state index contributed by atoms with van der Waals surface area (Å²) in [4.78, 5) is 27.6. The molecule has 2 amide bonds. The molecule has 0 saturated heterocycles. The molecule has 1 atom stereocenters. The standard InChI is InChI=1S/C18H17ClN8O2S/c1-3-29-10(2)14-13(8-21-17-15(14)22-9-30-17)26-18(28)25-11-6-12(19)16(20-7-11)27-23-4-5-24-27/h4-10H,3H2,1-2H3,(H2,25,26,28). The molecule has 30 heavy (non-hydrogen) atoms. The summed E-state index contributed by atoms with van der Waals surface area (Å²) < 4.78 is 5.73. The molecule has 0 aliphatic heterocycles. The molecule has 0 spiro atoms. The fourth-order valence-corrected chi connectivity index (χ4v) is 3.82. The van der Waals surface area contributed by atoms with Crippen molar-refractivity contribution in [1.82, 2.24) is 29.9 Å². The largest absolute Gasteiger partial charge is 0.374 e. The van der Waals surface area contributed by atoms with Crippen LogP contribution in [0.15, 0.2) is 36.4 Å². The lowest BCUT2D eigenvalue weighted by Crippen LogP contribution is -2.21. The van der Waals surface area contributed by atoms with Crippen molar-refractivity contribution < 1.29 is 9.53 Å². The third-order valence-corrected chi connectivity index (χ3v) is 5.18. The lowest BCUT2D eigenvalue weighted by Gasteiger charge is -2.17. The van der Waals surface area contributed by atoms with Gasteiger partial charge < -0.3 is 15.4 Å². The number of hydrogen-bond donors (Lipinski definition) is 2. The van der Waals surface area contributed by atoms with Crippen LogP contribution in [0.1, 0.15) is 25.5 Å². The van der Waals surface area contributed by atoms with Gasteiger partial charge in [0.2, 0.25) is 0 Å². The van der Waals surface area contributed by atoms with Crippen molar-refractivity contribution in [3.63, 3.8) is 0 Å². The van der Waals surface area contributed by atoms with E-state index in [9.17, 15) is 4.79 Å². The number of rotatable bonds is 6. The molecular formula is C18H17ClN8O2S. The van der Waals surface area contributed by atoms with Crippen molar-refractivity contribution in [2.75, 3.05) is 17.2 Å². The molecule has 0 bridgehead atoms. The smallest absolute Gasteiger partial charge is 0.323 e. The van der Waals surface area contributed by atoms with E-state index in [1.807, 2.05) is 13.8 Å². The van der Waals surface area contributed by atoms with Crippen LogP contribution < -0.4 is 10.6 Å². The molecule has 12 heteroatoms. The quantitative estimate of drug-likeness (QED) is 0.460. The van der Waals surface area contributed by atoms with Gasteiger partial charge in [-0.15, -0.1) is 16.1 Å². The van der Waals surface area contributed by atoms with E-state index < -0.39 is 6.03 Å². The minimum absolute atomic E-state index is 0.269. The number of anilines is 2. The molecule has 0 fully saturated rings. The van der Waals surface area contributed by atoms with Crippen molar-refractivity contribution in [3.8, 4) is 5.82 Å². The van der Waals surface area contributed by atoms with Gasteiger partial charge >= 0.3 is 6.03 Å². The number of nitrogens with one attached hydrogen (secondary N) is 2. The second-order valence-electron chi connectivity index (χ2n) is 6.12. The van der Waals surface area contributed by atoms with Crippen molar-refractivity contribution in [3.05, 3.63) is 47.0 Å². The van der Waals surface area contributed by atoms with E-state index in [0.717, 1.165) is 10.4 Å². The summed E-state index contributed by atoms with van der Waals surface area (Å²) in [6.45, 7) is 4.35.